The number of carbonyl (C=O) groups is 1. The molecule has 0 radical (unpaired) electrons. The normalized spacial score (nSPS) is 16.3. The number of fused-ring (bicyclic) bond motifs is 1. The molecule has 3 heterocycles. The van der Waals surface area contributed by atoms with E-state index in [0.717, 1.165) is 43.2 Å². The van der Waals surface area contributed by atoms with Gasteiger partial charge >= 0.3 is 5.97 Å². The van der Waals surface area contributed by atoms with Crippen molar-refractivity contribution in [1.29, 1.82) is 0 Å². The molecule has 0 bridgehead atoms. The summed E-state index contributed by atoms with van der Waals surface area (Å²) >= 11 is 1.74. The number of thiazole rings is 1. The summed E-state index contributed by atoms with van der Waals surface area (Å²) in [6.07, 6.45) is 0.865. The molecule has 1 saturated heterocycles. The molecule has 2 aromatic heterocycles. The van der Waals surface area contributed by atoms with Gasteiger partial charge in [0.15, 0.2) is 11.0 Å². The molecule has 0 aliphatic carbocycles. The van der Waals surface area contributed by atoms with Crippen LogP contribution in [0.4, 0.5) is 5.13 Å². The summed E-state index contributed by atoms with van der Waals surface area (Å²) in [4.78, 5) is 21.4. The minimum Gasteiger partial charge on any atom is -0.465 e. The molecule has 1 atom stereocenters. The van der Waals surface area contributed by atoms with Crippen LogP contribution >= 0.6 is 11.3 Å². The van der Waals surface area contributed by atoms with Crippen LogP contribution < -0.4 is 4.90 Å². The maximum atomic E-state index is 11.9. The standard InChI is InChI=1S/C19H25N7O2S/c1-3-15(18-21-22-23-26(18)13-17(27)28-4-2)24-9-11-25(12-10-24)19-20-14-7-5-6-8-16(14)29-19/h5-8,15H,3-4,9-13H2,1-2H3/t15-/m0/s1. The zero-order valence-corrected chi connectivity index (χ0v) is 17.5. The highest BCUT2D eigenvalue weighted by molar-refractivity contribution is 7.22. The summed E-state index contributed by atoms with van der Waals surface area (Å²) in [6, 6.07) is 8.31. The molecular formula is C19H25N7O2S. The lowest BCUT2D eigenvalue weighted by molar-refractivity contribution is -0.144. The summed E-state index contributed by atoms with van der Waals surface area (Å²) in [5, 5.41) is 13.1. The highest BCUT2D eigenvalue weighted by Gasteiger charge is 2.29. The Morgan fingerprint density at radius 1 is 1.21 bits per heavy atom. The van der Waals surface area contributed by atoms with Gasteiger partial charge in [-0.2, -0.15) is 0 Å². The zero-order valence-electron chi connectivity index (χ0n) is 16.7. The quantitative estimate of drug-likeness (QED) is 0.542. The van der Waals surface area contributed by atoms with Crippen LogP contribution in [0.25, 0.3) is 10.2 Å². The lowest BCUT2D eigenvalue weighted by Crippen LogP contribution is -2.48. The molecule has 3 aromatic rings. The first-order valence-electron chi connectivity index (χ1n) is 9.95. The number of anilines is 1. The molecule has 29 heavy (non-hydrogen) atoms. The average molecular weight is 416 g/mol. The highest BCUT2D eigenvalue weighted by Crippen LogP contribution is 2.30. The molecule has 1 aromatic carbocycles. The van der Waals surface area contributed by atoms with Gasteiger partial charge in [-0.3, -0.25) is 9.69 Å². The fraction of sp³-hybridized carbons (Fsp3) is 0.526. The third-order valence-corrected chi connectivity index (χ3v) is 6.23. The van der Waals surface area contributed by atoms with Crippen molar-refractivity contribution in [2.45, 2.75) is 32.9 Å². The number of carbonyl (C=O) groups excluding carboxylic acids is 1. The minimum absolute atomic E-state index is 0.0400. The summed E-state index contributed by atoms with van der Waals surface area (Å²) in [5.41, 5.74) is 1.06. The van der Waals surface area contributed by atoms with Crippen LogP contribution in [0.3, 0.4) is 0 Å². The number of nitrogens with zero attached hydrogens (tertiary/aromatic N) is 7. The Bertz CT molecular complexity index is 931. The van der Waals surface area contributed by atoms with Crippen LogP contribution in [0, 0.1) is 0 Å². The number of hydrogen-bond donors (Lipinski definition) is 0. The third-order valence-electron chi connectivity index (χ3n) is 5.14. The third kappa shape index (κ3) is 4.23. The molecule has 0 N–H and O–H groups in total. The van der Waals surface area contributed by atoms with Gasteiger partial charge in [0.1, 0.15) is 6.54 Å². The van der Waals surface area contributed by atoms with E-state index in [2.05, 4.69) is 50.4 Å². The van der Waals surface area contributed by atoms with Crippen LogP contribution in [0.5, 0.6) is 0 Å². The number of ether oxygens (including phenoxy) is 1. The molecule has 0 amide bonds. The average Bonchev–Trinajstić information content (AvgIpc) is 3.36. The molecule has 0 unspecified atom stereocenters. The smallest absolute Gasteiger partial charge is 0.327 e. The van der Waals surface area contributed by atoms with Gasteiger partial charge in [0.05, 0.1) is 22.9 Å². The van der Waals surface area contributed by atoms with E-state index in [1.54, 1.807) is 22.9 Å². The second-order valence-corrected chi connectivity index (χ2v) is 7.92. The topological polar surface area (TPSA) is 89.3 Å². The van der Waals surface area contributed by atoms with E-state index in [1.165, 1.54) is 4.70 Å². The summed E-state index contributed by atoms with van der Waals surface area (Å²) in [6.45, 7) is 7.87. The van der Waals surface area contributed by atoms with Gasteiger partial charge in [-0.25, -0.2) is 9.67 Å². The predicted molar refractivity (Wildman–Crippen MR) is 111 cm³/mol. The van der Waals surface area contributed by atoms with E-state index >= 15 is 0 Å². The number of tetrazole rings is 1. The van der Waals surface area contributed by atoms with Gasteiger partial charge in [0.2, 0.25) is 0 Å². The Morgan fingerprint density at radius 3 is 2.72 bits per heavy atom. The molecular weight excluding hydrogens is 390 g/mol. The first-order valence-corrected chi connectivity index (χ1v) is 10.8. The van der Waals surface area contributed by atoms with Gasteiger partial charge in [0, 0.05) is 26.2 Å². The summed E-state index contributed by atoms with van der Waals surface area (Å²) in [5.74, 6) is 0.394. The van der Waals surface area contributed by atoms with Crippen molar-refractivity contribution in [1.82, 2.24) is 30.1 Å². The molecule has 1 aliphatic rings. The van der Waals surface area contributed by atoms with Gasteiger partial charge in [-0.15, -0.1) is 5.10 Å². The van der Waals surface area contributed by atoms with Crippen molar-refractivity contribution in [2.24, 2.45) is 0 Å². The summed E-state index contributed by atoms with van der Waals surface area (Å²) in [7, 11) is 0. The lowest BCUT2D eigenvalue weighted by Gasteiger charge is -2.38. The van der Waals surface area contributed by atoms with Crippen molar-refractivity contribution >= 4 is 32.7 Å². The minimum atomic E-state index is -0.323. The molecule has 0 saturated carbocycles. The van der Waals surface area contributed by atoms with Crippen molar-refractivity contribution in [2.75, 3.05) is 37.7 Å². The van der Waals surface area contributed by atoms with E-state index in [1.807, 2.05) is 6.07 Å². The zero-order chi connectivity index (χ0) is 20.2. The Balaban J connectivity index is 1.43. The number of para-hydroxylation sites is 1. The first kappa shape index (κ1) is 19.7. The number of piperazine rings is 1. The number of rotatable bonds is 7. The fourth-order valence-corrected chi connectivity index (χ4v) is 4.73. The number of esters is 1. The molecule has 154 valence electrons. The number of hydrogen-bond acceptors (Lipinski definition) is 9. The highest BCUT2D eigenvalue weighted by atomic mass is 32.1. The second-order valence-electron chi connectivity index (χ2n) is 6.91. The van der Waals surface area contributed by atoms with Crippen molar-refractivity contribution in [3.63, 3.8) is 0 Å². The number of aromatic nitrogens is 5. The molecule has 0 spiro atoms. The lowest BCUT2D eigenvalue weighted by atomic mass is 10.1. The van der Waals surface area contributed by atoms with E-state index in [0.29, 0.717) is 12.4 Å². The van der Waals surface area contributed by atoms with Crippen LogP contribution in [-0.4, -0.2) is 68.8 Å². The van der Waals surface area contributed by atoms with Crippen LogP contribution in [0.1, 0.15) is 32.1 Å². The Morgan fingerprint density at radius 2 is 2.00 bits per heavy atom. The maximum absolute atomic E-state index is 11.9. The number of benzene rings is 1. The molecule has 1 aliphatic heterocycles. The van der Waals surface area contributed by atoms with Crippen molar-refractivity contribution in [3.05, 3.63) is 30.1 Å². The van der Waals surface area contributed by atoms with E-state index in [-0.39, 0.29) is 18.6 Å². The van der Waals surface area contributed by atoms with E-state index < -0.39 is 0 Å². The molecule has 9 nitrogen and oxygen atoms in total. The first-order chi connectivity index (χ1) is 14.2. The molecule has 10 heteroatoms. The molecule has 1 fully saturated rings. The van der Waals surface area contributed by atoms with Gasteiger partial charge in [0.25, 0.3) is 0 Å². The Kier molecular flexibility index (Phi) is 6.00. The SMILES string of the molecule is CCOC(=O)Cn1nnnc1[C@H](CC)N1CCN(c2nc3ccccc3s2)CC1. The monoisotopic (exact) mass is 415 g/mol. The van der Waals surface area contributed by atoms with Crippen LogP contribution in [0.15, 0.2) is 24.3 Å². The van der Waals surface area contributed by atoms with E-state index in [9.17, 15) is 4.79 Å². The second kappa shape index (κ2) is 8.83. The summed E-state index contributed by atoms with van der Waals surface area (Å²) < 4.78 is 7.81. The predicted octanol–water partition coefficient (Wildman–Crippen LogP) is 2.12. The maximum Gasteiger partial charge on any atom is 0.327 e. The van der Waals surface area contributed by atoms with E-state index in [4.69, 9.17) is 9.72 Å². The Hall–Kier alpha value is -2.59. The van der Waals surface area contributed by atoms with Crippen molar-refractivity contribution < 1.29 is 9.53 Å². The van der Waals surface area contributed by atoms with Gasteiger partial charge in [-0.1, -0.05) is 30.4 Å². The largest absolute Gasteiger partial charge is 0.465 e. The van der Waals surface area contributed by atoms with Crippen LogP contribution in [-0.2, 0) is 16.1 Å². The van der Waals surface area contributed by atoms with Crippen molar-refractivity contribution in [3.8, 4) is 0 Å². The molecule has 4 rings (SSSR count). The fourth-order valence-electron chi connectivity index (χ4n) is 3.72. The van der Waals surface area contributed by atoms with Gasteiger partial charge < -0.3 is 9.64 Å². The Labute approximate surface area is 173 Å². The van der Waals surface area contributed by atoms with Crippen LogP contribution in [0.2, 0.25) is 0 Å². The van der Waals surface area contributed by atoms with Gasteiger partial charge in [-0.05, 0) is 35.9 Å².